The maximum absolute atomic E-state index is 6.32. The first-order valence-corrected chi connectivity index (χ1v) is 14.6. The van der Waals surface area contributed by atoms with E-state index >= 15 is 0 Å². The van der Waals surface area contributed by atoms with E-state index in [0.717, 1.165) is 18.8 Å². The highest BCUT2D eigenvalue weighted by atomic mass is 16.7. The topological polar surface area (TPSA) is 18.5 Å². The van der Waals surface area contributed by atoms with Gasteiger partial charge in [0.05, 0.1) is 13.2 Å². The van der Waals surface area contributed by atoms with E-state index in [1.165, 1.54) is 93.7 Å². The molecule has 0 amide bonds. The molecule has 2 aromatic carbocycles. The summed E-state index contributed by atoms with van der Waals surface area (Å²) in [7, 11) is 0. The second kappa shape index (κ2) is 13.6. The second-order valence-electron chi connectivity index (χ2n) is 11.2. The first-order valence-electron chi connectivity index (χ1n) is 14.6. The Morgan fingerprint density at radius 2 is 1.51 bits per heavy atom. The molecule has 192 valence electrons. The normalized spacial score (nSPS) is 22.3. The van der Waals surface area contributed by atoms with Crippen molar-refractivity contribution in [2.45, 2.75) is 122 Å². The Labute approximate surface area is 214 Å². The molecule has 1 aliphatic carbocycles. The molecule has 1 saturated heterocycles. The van der Waals surface area contributed by atoms with Gasteiger partial charge in [0.25, 0.3) is 0 Å². The molecule has 2 aromatic rings. The molecule has 2 aliphatic rings. The third kappa shape index (κ3) is 7.20. The van der Waals surface area contributed by atoms with E-state index in [0.29, 0.717) is 17.8 Å². The Morgan fingerprint density at radius 3 is 2.20 bits per heavy atom. The van der Waals surface area contributed by atoms with Gasteiger partial charge < -0.3 is 9.47 Å². The van der Waals surface area contributed by atoms with Crippen molar-refractivity contribution >= 4 is 0 Å². The Bertz CT molecular complexity index is 872. The largest absolute Gasteiger partial charge is 0.348 e. The lowest BCUT2D eigenvalue weighted by molar-refractivity contribution is -0.191. The molecule has 0 aromatic heterocycles. The lowest BCUT2D eigenvalue weighted by Gasteiger charge is -2.33. The molecule has 2 nitrogen and oxygen atoms in total. The van der Waals surface area contributed by atoms with Gasteiger partial charge in [0, 0.05) is 11.5 Å². The van der Waals surface area contributed by atoms with E-state index in [9.17, 15) is 0 Å². The molecule has 1 aliphatic heterocycles. The van der Waals surface area contributed by atoms with Gasteiger partial charge in [-0.25, -0.2) is 0 Å². The van der Waals surface area contributed by atoms with Crippen molar-refractivity contribution in [3.63, 3.8) is 0 Å². The molecule has 2 heteroatoms. The Hall–Kier alpha value is -1.64. The number of benzene rings is 2. The van der Waals surface area contributed by atoms with Crippen LogP contribution in [0.1, 0.15) is 143 Å². The van der Waals surface area contributed by atoms with Crippen LogP contribution in [0.15, 0.2) is 42.5 Å². The van der Waals surface area contributed by atoms with E-state index in [1.807, 2.05) is 0 Å². The van der Waals surface area contributed by atoms with Gasteiger partial charge in [-0.05, 0) is 66.2 Å². The van der Waals surface area contributed by atoms with Crippen LogP contribution < -0.4 is 0 Å². The van der Waals surface area contributed by atoms with E-state index in [2.05, 4.69) is 63.2 Å². The minimum absolute atomic E-state index is 0.234. The predicted molar refractivity (Wildman–Crippen MR) is 147 cm³/mol. The Morgan fingerprint density at radius 1 is 0.771 bits per heavy atom. The maximum atomic E-state index is 6.32. The van der Waals surface area contributed by atoms with Gasteiger partial charge >= 0.3 is 0 Å². The van der Waals surface area contributed by atoms with Crippen molar-refractivity contribution in [2.75, 3.05) is 13.2 Å². The van der Waals surface area contributed by atoms with Crippen molar-refractivity contribution in [2.24, 2.45) is 0 Å². The van der Waals surface area contributed by atoms with Crippen LogP contribution in [0.2, 0.25) is 0 Å². The van der Waals surface area contributed by atoms with Crippen LogP contribution in [0.5, 0.6) is 0 Å². The fourth-order valence-corrected chi connectivity index (χ4v) is 6.11. The quantitative estimate of drug-likeness (QED) is 0.301. The van der Waals surface area contributed by atoms with Crippen LogP contribution in [0.3, 0.4) is 0 Å². The molecule has 0 N–H and O–H groups in total. The SMILES string of the molecule is CCCCCCc1ccc(C2OCC(c3ccc(C(C)CCC)cc3C3CCCCC3)CO2)cc1. The lowest BCUT2D eigenvalue weighted by Crippen LogP contribution is -2.27. The summed E-state index contributed by atoms with van der Waals surface area (Å²) >= 11 is 0. The van der Waals surface area contributed by atoms with Crippen molar-refractivity contribution in [3.05, 3.63) is 70.3 Å². The summed E-state index contributed by atoms with van der Waals surface area (Å²) in [4.78, 5) is 0. The summed E-state index contributed by atoms with van der Waals surface area (Å²) < 4.78 is 12.6. The Kier molecular flexibility index (Phi) is 10.3. The number of hydrogen-bond acceptors (Lipinski definition) is 2. The summed E-state index contributed by atoms with van der Waals surface area (Å²) in [5.74, 6) is 1.67. The van der Waals surface area contributed by atoms with Crippen LogP contribution in [0.4, 0.5) is 0 Å². The molecule has 2 fully saturated rings. The molecule has 0 bridgehead atoms. The van der Waals surface area contributed by atoms with Crippen molar-refractivity contribution in [1.29, 1.82) is 0 Å². The van der Waals surface area contributed by atoms with E-state index in [1.54, 1.807) is 5.56 Å². The van der Waals surface area contributed by atoms with Crippen molar-refractivity contribution in [1.82, 2.24) is 0 Å². The molecule has 4 rings (SSSR count). The number of hydrogen-bond donors (Lipinski definition) is 0. The average molecular weight is 477 g/mol. The minimum Gasteiger partial charge on any atom is -0.348 e. The molecule has 1 saturated carbocycles. The Balaban J connectivity index is 1.40. The average Bonchev–Trinajstić information content (AvgIpc) is 2.92. The molecule has 1 heterocycles. The highest BCUT2D eigenvalue weighted by Crippen LogP contribution is 2.40. The van der Waals surface area contributed by atoms with Crippen LogP contribution in [-0.4, -0.2) is 13.2 Å². The monoisotopic (exact) mass is 476 g/mol. The van der Waals surface area contributed by atoms with Gasteiger partial charge in [-0.15, -0.1) is 0 Å². The minimum atomic E-state index is -0.234. The van der Waals surface area contributed by atoms with E-state index in [4.69, 9.17) is 9.47 Å². The summed E-state index contributed by atoms with van der Waals surface area (Å²) in [5, 5.41) is 0. The number of ether oxygens (including phenoxy) is 2. The van der Waals surface area contributed by atoms with Gasteiger partial charge in [0.2, 0.25) is 0 Å². The van der Waals surface area contributed by atoms with Gasteiger partial charge in [0.1, 0.15) is 0 Å². The lowest BCUT2D eigenvalue weighted by atomic mass is 9.78. The molecule has 1 unspecified atom stereocenters. The predicted octanol–water partition coefficient (Wildman–Crippen LogP) is 9.59. The summed E-state index contributed by atoms with van der Waals surface area (Å²) in [6.07, 6.45) is 15.5. The van der Waals surface area contributed by atoms with E-state index < -0.39 is 0 Å². The van der Waals surface area contributed by atoms with Gasteiger partial charge in [-0.1, -0.05) is 108 Å². The van der Waals surface area contributed by atoms with Gasteiger partial charge in [-0.3, -0.25) is 0 Å². The fourth-order valence-electron chi connectivity index (χ4n) is 6.11. The maximum Gasteiger partial charge on any atom is 0.183 e. The van der Waals surface area contributed by atoms with Crippen molar-refractivity contribution < 1.29 is 9.47 Å². The molecular formula is C33H48O2. The van der Waals surface area contributed by atoms with Gasteiger partial charge in [-0.2, -0.15) is 0 Å². The molecule has 35 heavy (non-hydrogen) atoms. The number of unbranched alkanes of at least 4 members (excludes halogenated alkanes) is 3. The summed E-state index contributed by atoms with van der Waals surface area (Å²) in [6.45, 7) is 8.43. The summed E-state index contributed by atoms with van der Waals surface area (Å²) in [6, 6.07) is 16.3. The first-order chi connectivity index (χ1) is 17.2. The third-order valence-electron chi connectivity index (χ3n) is 8.35. The van der Waals surface area contributed by atoms with Crippen LogP contribution in [0, 0.1) is 0 Å². The highest BCUT2D eigenvalue weighted by molar-refractivity contribution is 5.39. The first kappa shape index (κ1) is 26.4. The summed E-state index contributed by atoms with van der Waals surface area (Å²) in [5.41, 5.74) is 7.16. The third-order valence-corrected chi connectivity index (χ3v) is 8.35. The smallest absolute Gasteiger partial charge is 0.183 e. The van der Waals surface area contributed by atoms with E-state index in [-0.39, 0.29) is 6.29 Å². The fraction of sp³-hybridized carbons (Fsp3) is 0.636. The molecular weight excluding hydrogens is 428 g/mol. The van der Waals surface area contributed by atoms with Crippen molar-refractivity contribution in [3.8, 4) is 0 Å². The zero-order valence-corrected chi connectivity index (χ0v) is 22.6. The second-order valence-corrected chi connectivity index (χ2v) is 11.2. The number of aryl methyl sites for hydroxylation is 1. The van der Waals surface area contributed by atoms with Crippen LogP contribution >= 0.6 is 0 Å². The van der Waals surface area contributed by atoms with Crippen LogP contribution in [-0.2, 0) is 15.9 Å². The zero-order valence-electron chi connectivity index (χ0n) is 22.6. The highest BCUT2D eigenvalue weighted by Gasteiger charge is 2.29. The van der Waals surface area contributed by atoms with Gasteiger partial charge in [0.15, 0.2) is 6.29 Å². The molecule has 1 atom stereocenters. The standard InChI is InChI=1S/C33H48O2/c1-4-6-7-9-13-26-16-18-28(19-17-26)33-34-23-30(24-35-33)31-21-20-29(25(3)12-5-2)22-32(31)27-14-10-8-11-15-27/h16-22,25,27,30,33H,4-15,23-24H2,1-3H3. The zero-order chi connectivity index (χ0) is 24.5. The van der Waals surface area contributed by atoms with Crippen LogP contribution in [0.25, 0.3) is 0 Å². The number of rotatable bonds is 11. The molecule has 0 radical (unpaired) electrons. The molecule has 0 spiro atoms.